The third kappa shape index (κ3) is 4.75. The van der Waals surface area contributed by atoms with E-state index in [-0.39, 0.29) is 31.1 Å². The summed E-state index contributed by atoms with van der Waals surface area (Å²) in [6.45, 7) is 1.25. The quantitative estimate of drug-likeness (QED) is 0.715. The molecule has 1 aromatic rings. The summed E-state index contributed by atoms with van der Waals surface area (Å²) in [7, 11) is 0. The molecule has 1 aromatic carbocycles. The number of carboxylic acids is 1. The second-order valence-electron chi connectivity index (χ2n) is 6.93. The SMILES string of the molecule is O=C(O)c1cccc(OCC(O)CN2CCC(CC3(C(F)(F)F)N=N3)C2)c1. The van der Waals surface area contributed by atoms with Crippen LogP contribution in [0.1, 0.15) is 23.2 Å². The number of rotatable bonds is 8. The fourth-order valence-corrected chi connectivity index (χ4v) is 3.28. The summed E-state index contributed by atoms with van der Waals surface area (Å²) >= 11 is 0. The van der Waals surface area contributed by atoms with E-state index in [1.165, 1.54) is 12.1 Å². The number of aliphatic hydroxyl groups excluding tert-OH is 1. The Kier molecular flexibility index (Phi) is 5.38. The maximum atomic E-state index is 12.9. The number of benzene rings is 1. The first-order valence-corrected chi connectivity index (χ1v) is 8.56. The summed E-state index contributed by atoms with van der Waals surface area (Å²) in [6.07, 6.45) is -4.85. The molecule has 2 heterocycles. The average Bonchev–Trinajstić information content (AvgIpc) is 3.27. The van der Waals surface area contributed by atoms with Crippen molar-refractivity contribution in [2.45, 2.75) is 30.8 Å². The molecule has 2 aliphatic heterocycles. The van der Waals surface area contributed by atoms with Crippen LogP contribution in [-0.2, 0) is 0 Å². The standard InChI is InChI=1S/C17H20F3N3O4/c18-17(19,20)16(21-22-16)7-11-4-5-23(8-11)9-13(24)10-27-14-3-1-2-12(6-14)15(25)26/h1-3,6,11,13,24H,4-5,7-10H2,(H,25,26). The van der Waals surface area contributed by atoms with Crippen molar-refractivity contribution in [1.29, 1.82) is 0 Å². The minimum Gasteiger partial charge on any atom is -0.491 e. The molecular formula is C17H20F3N3O4. The number of nitrogens with zero attached hydrogens (tertiary/aromatic N) is 3. The van der Waals surface area contributed by atoms with Gasteiger partial charge in [0.05, 0.1) is 5.56 Å². The molecule has 27 heavy (non-hydrogen) atoms. The molecule has 0 bridgehead atoms. The Hall–Kier alpha value is -2.20. The lowest BCUT2D eigenvalue weighted by Gasteiger charge is -2.21. The fourth-order valence-electron chi connectivity index (χ4n) is 3.28. The van der Waals surface area contributed by atoms with Crippen LogP contribution >= 0.6 is 0 Å². The maximum absolute atomic E-state index is 12.9. The van der Waals surface area contributed by atoms with E-state index in [4.69, 9.17) is 9.84 Å². The number of hydrogen-bond donors (Lipinski definition) is 2. The summed E-state index contributed by atoms with van der Waals surface area (Å²) in [5.74, 6) is -0.922. The van der Waals surface area contributed by atoms with Crippen molar-refractivity contribution in [2.24, 2.45) is 16.1 Å². The predicted molar refractivity (Wildman–Crippen MR) is 87.7 cm³/mol. The van der Waals surface area contributed by atoms with Gasteiger partial charge in [0.1, 0.15) is 18.5 Å². The normalized spacial score (nSPS) is 22.6. The summed E-state index contributed by atoms with van der Waals surface area (Å²) in [5.41, 5.74) is -2.14. The van der Waals surface area contributed by atoms with Gasteiger partial charge < -0.3 is 19.8 Å². The number of ether oxygens (including phenoxy) is 1. The van der Waals surface area contributed by atoms with Gasteiger partial charge in [0.25, 0.3) is 5.66 Å². The fraction of sp³-hybridized carbons (Fsp3) is 0.588. The minimum absolute atomic E-state index is 0.0403. The number of carbonyl (C=O) groups is 1. The maximum Gasteiger partial charge on any atom is 0.437 e. The monoisotopic (exact) mass is 387 g/mol. The first-order chi connectivity index (χ1) is 12.7. The molecule has 7 nitrogen and oxygen atoms in total. The molecule has 2 unspecified atom stereocenters. The van der Waals surface area contributed by atoms with Gasteiger partial charge in [-0.25, -0.2) is 4.79 Å². The van der Waals surface area contributed by atoms with Crippen LogP contribution in [0, 0.1) is 5.92 Å². The van der Waals surface area contributed by atoms with E-state index in [9.17, 15) is 23.1 Å². The van der Waals surface area contributed by atoms with E-state index in [2.05, 4.69) is 10.2 Å². The van der Waals surface area contributed by atoms with Gasteiger partial charge in [-0.1, -0.05) is 6.07 Å². The highest BCUT2D eigenvalue weighted by Gasteiger charge is 2.64. The summed E-state index contributed by atoms with van der Waals surface area (Å²) in [4.78, 5) is 12.8. The average molecular weight is 387 g/mol. The largest absolute Gasteiger partial charge is 0.491 e. The molecule has 3 rings (SSSR count). The van der Waals surface area contributed by atoms with Crippen LogP contribution in [-0.4, -0.2) is 65.3 Å². The number of aromatic carboxylic acids is 1. The first kappa shape index (κ1) is 19.6. The second-order valence-corrected chi connectivity index (χ2v) is 6.93. The van der Waals surface area contributed by atoms with E-state index < -0.39 is 23.9 Å². The highest BCUT2D eigenvalue weighted by molar-refractivity contribution is 5.87. The molecule has 2 aliphatic rings. The lowest BCUT2D eigenvalue weighted by atomic mass is 9.96. The van der Waals surface area contributed by atoms with Gasteiger partial charge in [-0.05, 0) is 37.1 Å². The van der Waals surface area contributed by atoms with Crippen molar-refractivity contribution in [3.05, 3.63) is 29.8 Å². The number of aliphatic hydroxyl groups is 1. The molecular weight excluding hydrogens is 367 g/mol. The van der Waals surface area contributed by atoms with Crippen LogP contribution in [0.3, 0.4) is 0 Å². The zero-order valence-corrected chi connectivity index (χ0v) is 14.4. The van der Waals surface area contributed by atoms with Gasteiger partial charge in [-0.2, -0.15) is 13.2 Å². The number of β-amino-alcohol motifs (C(OH)–C–C–N with tert-alkyl or cyclic N) is 1. The smallest absolute Gasteiger partial charge is 0.437 e. The van der Waals surface area contributed by atoms with Gasteiger partial charge in [0, 0.05) is 19.5 Å². The van der Waals surface area contributed by atoms with E-state index in [1.54, 1.807) is 12.1 Å². The molecule has 148 valence electrons. The highest BCUT2D eigenvalue weighted by atomic mass is 19.4. The molecule has 2 atom stereocenters. The van der Waals surface area contributed by atoms with Crippen molar-refractivity contribution in [3.63, 3.8) is 0 Å². The zero-order valence-electron chi connectivity index (χ0n) is 14.4. The van der Waals surface area contributed by atoms with Gasteiger partial charge >= 0.3 is 12.1 Å². The molecule has 0 amide bonds. The summed E-state index contributed by atoms with van der Waals surface area (Å²) in [5, 5.41) is 25.5. The number of alkyl halides is 3. The lowest BCUT2D eigenvalue weighted by Crippen LogP contribution is -2.37. The summed E-state index contributed by atoms with van der Waals surface area (Å²) < 4.78 is 44.1. The Morgan fingerprint density at radius 2 is 2.15 bits per heavy atom. The van der Waals surface area contributed by atoms with Crippen molar-refractivity contribution >= 4 is 5.97 Å². The van der Waals surface area contributed by atoms with Crippen molar-refractivity contribution < 1.29 is 32.9 Å². The number of carboxylic acid groups (broad SMARTS) is 1. The van der Waals surface area contributed by atoms with E-state index in [0.29, 0.717) is 25.3 Å². The van der Waals surface area contributed by atoms with Gasteiger partial charge in [0.15, 0.2) is 0 Å². The van der Waals surface area contributed by atoms with Crippen LogP contribution in [0.25, 0.3) is 0 Å². The van der Waals surface area contributed by atoms with Crippen LogP contribution in [0.5, 0.6) is 5.75 Å². The van der Waals surface area contributed by atoms with Gasteiger partial charge in [-0.3, -0.25) is 0 Å². The second kappa shape index (κ2) is 7.43. The molecule has 1 fully saturated rings. The van der Waals surface area contributed by atoms with Crippen LogP contribution in [0.15, 0.2) is 34.5 Å². The van der Waals surface area contributed by atoms with Crippen molar-refractivity contribution in [3.8, 4) is 5.75 Å². The van der Waals surface area contributed by atoms with Gasteiger partial charge in [-0.15, -0.1) is 10.2 Å². The molecule has 0 spiro atoms. The molecule has 1 saturated heterocycles. The van der Waals surface area contributed by atoms with Crippen molar-refractivity contribution in [2.75, 3.05) is 26.2 Å². The van der Waals surface area contributed by atoms with Crippen LogP contribution in [0.2, 0.25) is 0 Å². The molecule has 0 aliphatic carbocycles. The van der Waals surface area contributed by atoms with E-state index in [1.807, 2.05) is 4.90 Å². The summed E-state index contributed by atoms with van der Waals surface area (Å²) in [6, 6.07) is 5.92. The Morgan fingerprint density at radius 1 is 1.41 bits per heavy atom. The molecule has 0 aromatic heterocycles. The number of halogens is 3. The Morgan fingerprint density at radius 3 is 2.78 bits per heavy atom. The Bertz CT molecular complexity index is 720. The third-order valence-corrected chi connectivity index (χ3v) is 4.73. The number of likely N-dealkylation sites (tertiary alicyclic amines) is 1. The molecule has 0 saturated carbocycles. The highest BCUT2D eigenvalue weighted by Crippen LogP contribution is 2.49. The van der Waals surface area contributed by atoms with Crippen LogP contribution in [0.4, 0.5) is 13.2 Å². The molecule has 2 N–H and O–H groups in total. The van der Waals surface area contributed by atoms with E-state index in [0.717, 1.165) is 0 Å². The Labute approximate surface area is 153 Å². The Balaban J connectivity index is 1.42. The first-order valence-electron chi connectivity index (χ1n) is 8.56. The molecule has 0 radical (unpaired) electrons. The molecule has 10 heteroatoms. The lowest BCUT2D eigenvalue weighted by molar-refractivity contribution is -0.167. The zero-order chi connectivity index (χ0) is 19.7. The van der Waals surface area contributed by atoms with Gasteiger partial charge in [0.2, 0.25) is 0 Å². The van der Waals surface area contributed by atoms with Crippen LogP contribution < -0.4 is 4.74 Å². The third-order valence-electron chi connectivity index (χ3n) is 4.73. The minimum atomic E-state index is -4.45. The van der Waals surface area contributed by atoms with E-state index >= 15 is 0 Å². The number of hydrogen-bond acceptors (Lipinski definition) is 6. The van der Waals surface area contributed by atoms with Crippen molar-refractivity contribution in [1.82, 2.24) is 4.90 Å². The topological polar surface area (TPSA) is 94.7 Å². The predicted octanol–water partition coefficient (Wildman–Crippen LogP) is 2.56.